The molecule has 6 heteroatoms. The van der Waals surface area contributed by atoms with Gasteiger partial charge in [0.05, 0.1) is 25.7 Å². The van der Waals surface area contributed by atoms with E-state index in [0.29, 0.717) is 6.54 Å². The second-order valence-corrected chi connectivity index (χ2v) is 4.47. The molecule has 0 aromatic heterocycles. The molecule has 2 atom stereocenters. The molecule has 0 spiro atoms. The van der Waals surface area contributed by atoms with Gasteiger partial charge in [-0.2, -0.15) is 0 Å². The number of carbonyl (C=O) groups is 1. The molecule has 0 bridgehead atoms. The topological polar surface area (TPSA) is 82.0 Å². The summed E-state index contributed by atoms with van der Waals surface area (Å²) < 4.78 is 5.26. The Balaban J connectivity index is 2.11. The maximum absolute atomic E-state index is 10.4. The van der Waals surface area contributed by atoms with Crippen molar-refractivity contribution in [1.29, 1.82) is 0 Å². The van der Waals surface area contributed by atoms with Gasteiger partial charge in [-0.25, -0.2) is 0 Å². The Morgan fingerprint density at radius 2 is 2.12 bits per heavy atom. The average molecular weight is 246 g/mol. The lowest BCUT2D eigenvalue weighted by Crippen LogP contribution is -2.46. The van der Waals surface area contributed by atoms with E-state index in [1.54, 1.807) is 0 Å². The smallest absolute Gasteiger partial charge is 0.306 e. The molecule has 100 valence electrons. The van der Waals surface area contributed by atoms with E-state index in [-0.39, 0.29) is 12.5 Å². The van der Waals surface area contributed by atoms with Crippen molar-refractivity contribution in [3.63, 3.8) is 0 Å². The second kappa shape index (κ2) is 7.60. The van der Waals surface area contributed by atoms with Crippen LogP contribution in [-0.2, 0) is 9.53 Å². The van der Waals surface area contributed by atoms with Crippen molar-refractivity contribution in [3.8, 4) is 0 Å². The number of aliphatic carboxylic acids is 1. The monoisotopic (exact) mass is 246 g/mol. The fourth-order valence-corrected chi connectivity index (χ4v) is 1.85. The molecule has 3 N–H and O–H groups in total. The number of aliphatic hydroxyl groups is 1. The van der Waals surface area contributed by atoms with E-state index < -0.39 is 12.1 Å². The largest absolute Gasteiger partial charge is 0.481 e. The SMILES string of the molecule is CC(CN1CCOCC1)NCC(O)CC(=O)O. The summed E-state index contributed by atoms with van der Waals surface area (Å²) in [4.78, 5) is 12.7. The number of ether oxygens (including phenoxy) is 1. The van der Waals surface area contributed by atoms with Crippen LogP contribution in [0.1, 0.15) is 13.3 Å². The third-order valence-corrected chi connectivity index (χ3v) is 2.75. The Kier molecular flexibility index (Phi) is 6.43. The predicted molar refractivity (Wildman–Crippen MR) is 63.0 cm³/mol. The molecule has 0 radical (unpaired) electrons. The molecule has 1 aliphatic heterocycles. The van der Waals surface area contributed by atoms with Gasteiger partial charge in [-0.05, 0) is 6.92 Å². The molecule has 0 aromatic rings. The van der Waals surface area contributed by atoms with Crippen LogP contribution in [0, 0.1) is 0 Å². The third kappa shape index (κ3) is 6.58. The second-order valence-electron chi connectivity index (χ2n) is 4.47. The normalized spacial score (nSPS) is 21.1. The molecular formula is C11H22N2O4. The first-order chi connectivity index (χ1) is 8.08. The standard InChI is InChI=1S/C11H22N2O4/c1-9(8-13-2-4-17-5-3-13)12-7-10(14)6-11(15)16/h9-10,12,14H,2-8H2,1H3,(H,15,16). The summed E-state index contributed by atoms with van der Waals surface area (Å²) in [6.07, 6.45) is -1.03. The van der Waals surface area contributed by atoms with Crippen molar-refractivity contribution in [1.82, 2.24) is 10.2 Å². The third-order valence-electron chi connectivity index (χ3n) is 2.75. The van der Waals surface area contributed by atoms with Crippen molar-refractivity contribution in [3.05, 3.63) is 0 Å². The first kappa shape index (κ1) is 14.4. The number of hydrogen-bond acceptors (Lipinski definition) is 5. The quantitative estimate of drug-likeness (QED) is 0.542. The molecule has 0 aromatic carbocycles. The number of rotatable bonds is 7. The molecule has 1 rings (SSSR count). The van der Waals surface area contributed by atoms with E-state index in [9.17, 15) is 9.90 Å². The van der Waals surface area contributed by atoms with Crippen LogP contribution in [0.3, 0.4) is 0 Å². The highest BCUT2D eigenvalue weighted by Gasteiger charge is 2.15. The summed E-state index contributed by atoms with van der Waals surface area (Å²) in [7, 11) is 0. The maximum atomic E-state index is 10.4. The van der Waals surface area contributed by atoms with E-state index in [1.165, 1.54) is 0 Å². The number of nitrogens with zero attached hydrogens (tertiary/aromatic N) is 1. The Hall–Kier alpha value is -0.690. The Morgan fingerprint density at radius 1 is 1.47 bits per heavy atom. The summed E-state index contributed by atoms with van der Waals surface area (Å²) in [5.74, 6) is -0.972. The van der Waals surface area contributed by atoms with Gasteiger partial charge in [0.1, 0.15) is 0 Å². The van der Waals surface area contributed by atoms with Gasteiger partial charge in [0, 0.05) is 32.2 Å². The predicted octanol–water partition coefficient (Wildman–Crippen LogP) is -0.868. The molecule has 1 aliphatic rings. The maximum Gasteiger partial charge on any atom is 0.306 e. The number of aliphatic hydroxyl groups excluding tert-OH is 1. The van der Waals surface area contributed by atoms with Gasteiger partial charge in [0.25, 0.3) is 0 Å². The average Bonchev–Trinajstić information content (AvgIpc) is 2.27. The summed E-state index contributed by atoms with van der Waals surface area (Å²) in [5.41, 5.74) is 0. The van der Waals surface area contributed by atoms with E-state index in [1.807, 2.05) is 6.92 Å². The fourth-order valence-electron chi connectivity index (χ4n) is 1.85. The molecule has 1 saturated heterocycles. The molecule has 0 amide bonds. The molecule has 17 heavy (non-hydrogen) atoms. The van der Waals surface area contributed by atoms with Crippen molar-refractivity contribution in [2.75, 3.05) is 39.4 Å². The highest BCUT2D eigenvalue weighted by atomic mass is 16.5. The van der Waals surface area contributed by atoms with E-state index >= 15 is 0 Å². The molecule has 1 fully saturated rings. The minimum absolute atomic E-state index is 0.211. The van der Waals surface area contributed by atoms with E-state index in [0.717, 1.165) is 32.8 Å². The summed E-state index contributed by atoms with van der Waals surface area (Å²) in [6.45, 7) is 6.65. The molecule has 0 aliphatic carbocycles. The highest BCUT2D eigenvalue weighted by molar-refractivity contribution is 5.67. The fraction of sp³-hybridized carbons (Fsp3) is 0.909. The van der Waals surface area contributed by atoms with Crippen LogP contribution in [0.4, 0.5) is 0 Å². The zero-order valence-corrected chi connectivity index (χ0v) is 10.3. The lowest BCUT2D eigenvalue weighted by Gasteiger charge is -2.29. The number of nitrogens with one attached hydrogen (secondary N) is 1. The molecule has 0 saturated carbocycles. The van der Waals surface area contributed by atoms with Gasteiger partial charge in [0.2, 0.25) is 0 Å². The van der Waals surface area contributed by atoms with Crippen LogP contribution >= 0.6 is 0 Å². The van der Waals surface area contributed by atoms with Crippen LogP contribution in [0.15, 0.2) is 0 Å². The first-order valence-corrected chi connectivity index (χ1v) is 6.01. The summed E-state index contributed by atoms with van der Waals surface area (Å²) in [5, 5.41) is 21.0. The number of morpholine rings is 1. The van der Waals surface area contributed by atoms with Gasteiger partial charge in [-0.1, -0.05) is 0 Å². The van der Waals surface area contributed by atoms with E-state index in [4.69, 9.17) is 9.84 Å². The van der Waals surface area contributed by atoms with Gasteiger partial charge >= 0.3 is 5.97 Å². The van der Waals surface area contributed by atoms with Crippen LogP contribution in [0.25, 0.3) is 0 Å². The Labute approximate surface area is 102 Å². The molecule has 2 unspecified atom stereocenters. The lowest BCUT2D eigenvalue weighted by atomic mass is 10.2. The van der Waals surface area contributed by atoms with Crippen molar-refractivity contribution in [2.45, 2.75) is 25.5 Å². The van der Waals surface area contributed by atoms with Crippen LogP contribution in [0.2, 0.25) is 0 Å². The summed E-state index contributed by atoms with van der Waals surface area (Å²) >= 11 is 0. The van der Waals surface area contributed by atoms with Crippen molar-refractivity contribution >= 4 is 5.97 Å². The minimum Gasteiger partial charge on any atom is -0.481 e. The highest BCUT2D eigenvalue weighted by Crippen LogP contribution is 1.99. The van der Waals surface area contributed by atoms with Gasteiger partial charge in [0.15, 0.2) is 0 Å². The number of carboxylic acid groups (broad SMARTS) is 1. The summed E-state index contributed by atoms with van der Waals surface area (Å²) in [6, 6.07) is 0.233. The Bertz CT molecular complexity index is 232. The van der Waals surface area contributed by atoms with Crippen LogP contribution in [-0.4, -0.2) is 72.6 Å². The van der Waals surface area contributed by atoms with Crippen LogP contribution < -0.4 is 5.32 Å². The van der Waals surface area contributed by atoms with Crippen molar-refractivity contribution < 1.29 is 19.7 Å². The number of carboxylic acids is 1. The molecule has 6 nitrogen and oxygen atoms in total. The zero-order chi connectivity index (χ0) is 12.7. The molecule has 1 heterocycles. The Morgan fingerprint density at radius 3 is 2.71 bits per heavy atom. The van der Waals surface area contributed by atoms with Crippen LogP contribution in [0.5, 0.6) is 0 Å². The van der Waals surface area contributed by atoms with Gasteiger partial charge in [-0.3, -0.25) is 9.69 Å². The molecular weight excluding hydrogens is 224 g/mol. The lowest BCUT2D eigenvalue weighted by molar-refractivity contribution is -0.139. The van der Waals surface area contributed by atoms with E-state index in [2.05, 4.69) is 10.2 Å². The zero-order valence-electron chi connectivity index (χ0n) is 10.3. The van der Waals surface area contributed by atoms with Crippen molar-refractivity contribution in [2.24, 2.45) is 0 Å². The number of hydrogen-bond donors (Lipinski definition) is 3. The van der Waals surface area contributed by atoms with Gasteiger partial charge < -0.3 is 20.3 Å². The first-order valence-electron chi connectivity index (χ1n) is 6.01. The van der Waals surface area contributed by atoms with Gasteiger partial charge in [-0.15, -0.1) is 0 Å². The minimum atomic E-state index is -0.972.